The predicted octanol–water partition coefficient (Wildman–Crippen LogP) is 4.26. The molecule has 2 rings (SSSR count). The number of pyridine rings is 1. The number of hydrogen-bond donors (Lipinski definition) is 1. The lowest BCUT2D eigenvalue weighted by Crippen LogP contribution is -2.41. The lowest BCUT2D eigenvalue weighted by molar-refractivity contribution is -0.143. The average molecular weight is 356 g/mol. The van der Waals surface area contributed by atoms with Gasteiger partial charge in [0.15, 0.2) is 0 Å². The van der Waals surface area contributed by atoms with Gasteiger partial charge in [0.25, 0.3) is 5.91 Å². The van der Waals surface area contributed by atoms with E-state index < -0.39 is 12.0 Å². The average Bonchev–Trinajstić information content (AvgIpc) is 2.68. The monoisotopic (exact) mass is 356 g/mol. The highest BCUT2D eigenvalue weighted by atomic mass is 16.5. The summed E-state index contributed by atoms with van der Waals surface area (Å²) in [6, 6.07) is 8.53. The van der Waals surface area contributed by atoms with E-state index in [0.717, 1.165) is 30.2 Å². The molecule has 2 aromatic rings. The summed E-state index contributed by atoms with van der Waals surface area (Å²) in [6.45, 7) is 2.19. The summed E-state index contributed by atoms with van der Waals surface area (Å²) < 4.78 is 4.87. The van der Waals surface area contributed by atoms with Crippen LogP contribution >= 0.6 is 0 Å². The lowest BCUT2D eigenvalue weighted by Gasteiger charge is -2.17. The number of nitrogens with one attached hydrogen (secondary N) is 1. The molecule has 0 aliphatic carbocycles. The van der Waals surface area contributed by atoms with Gasteiger partial charge in [-0.3, -0.25) is 9.78 Å². The first-order valence-corrected chi connectivity index (χ1v) is 9.39. The molecule has 0 saturated carbocycles. The molecule has 1 aromatic heterocycles. The third-order valence-corrected chi connectivity index (χ3v) is 4.53. The minimum absolute atomic E-state index is 0.273. The number of unbranched alkanes of at least 4 members (excludes halogenated alkanes) is 5. The molecular weight excluding hydrogens is 328 g/mol. The molecule has 0 bridgehead atoms. The molecule has 0 aliphatic rings. The Balaban J connectivity index is 2.00. The highest BCUT2D eigenvalue weighted by Gasteiger charge is 2.22. The Hall–Kier alpha value is -2.43. The Kier molecular flexibility index (Phi) is 8.06. The van der Waals surface area contributed by atoms with Crippen molar-refractivity contribution >= 4 is 22.8 Å². The van der Waals surface area contributed by atoms with Crippen LogP contribution < -0.4 is 5.32 Å². The van der Waals surface area contributed by atoms with Crippen molar-refractivity contribution in [3.05, 3.63) is 42.1 Å². The van der Waals surface area contributed by atoms with Crippen LogP contribution in [0.25, 0.3) is 10.9 Å². The number of methoxy groups -OCH3 is 1. The molecule has 0 fully saturated rings. The van der Waals surface area contributed by atoms with E-state index in [1.54, 1.807) is 12.3 Å². The zero-order valence-corrected chi connectivity index (χ0v) is 15.7. The Bertz CT molecular complexity index is 725. The molecule has 0 unspecified atom stereocenters. The summed E-state index contributed by atoms with van der Waals surface area (Å²) in [5.74, 6) is -0.671. The van der Waals surface area contributed by atoms with Crippen molar-refractivity contribution in [3.63, 3.8) is 0 Å². The summed E-state index contributed by atoms with van der Waals surface area (Å²) in [7, 11) is 1.35. The second kappa shape index (κ2) is 10.5. The maximum absolute atomic E-state index is 12.7. The van der Waals surface area contributed by atoms with Crippen LogP contribution in [0.4, 0.5) is 0 Å². The first kappa shape index (κ1) is 19.9. The summed E-state index contributed by atoms with van der Waals surface area (Å²) in [5.41, 5.74) is 1.28. The van der Waals surface area contributed by atoms with E-state index in [1.807, 2.05) is 24.3 Å². The van der Waals surface area contributed by atoms with Crippen LogP contribution in [-0.2, 0) is 9.53 Å². The van der Waals surface area contributed by atoms with Gasteiger partial charge in [0.05, 0.1) is 18.2 Å². The van der Waals surface area contributed by atoms with Gasteiger partial charge in [0.2, 0.25) is 0 Å². The highest BCUT2D eigenvalue weighted by Crippen LogP contribution is 2.17. The Labute approximate surface area is 155 Å². The third-order valence-electron chi connectivity index (χ3n) is 4.53. The van der Waals surface area contributed by atoms with E-state index in [4.69, 9.17) is 4.74 Å². The number of carbonyl (C=O) groups excluding carboxylic acids is 2. The Morgan fingerprint density at radius 3 is 2.58 bits per heavy atom. The number of nitrogens with zero attached hydrogens (tertiary/aromatic N) is 1. The van der Waals surface area contributed by atoms with E-state index >= 15 is 0 Å². The van der Waals surface area contributed by atoms with Crippen molar-refractivity contribution in [1.82, 2.24) is 10.3 Å². The quantitative estimate of drug-likeness (QED) is 0.510. The molecule has 1 N–H and O–H groups in total. The molecule has 5 heteroatoms. The number of carbonyl (C=O) groups is 2. The summed E-state index contributed by atoms with van der Waals surface area (Å²) in [6.07, 6.45) is 8.97. The number of hydrogen-bond acceptors (Lipinski definition) is 4. The van der Waals surface area contributed by atoms with Gasteiger partial charge < -0.3 is 10.1 Å². The number of ether oxygens (including phenoxy) is 1. The van der Waals surface area contributed by atoms with Gasteiger partial charge >= 0.3 is 5.97 Å². The van der Waals surface area contributed by atoms with Gasteiger partial charge in [-0.15, -0.1) is 0 Å². The lowest BCUT2D eigenvalue weighted by atomic mass is 10.0. The summed E-state index contributed by atoms with van der Waals surface area (Å²) in [4.78, 5) is 29.0. The van der Waals surface area contributed by atoms with Crippen LogP contribution in [0.3, 0.4) is 0 Å². The summed E-state index contributed by atoms with van der Waals surface area (Å²) >= 11 is 0. The van der Waals surface area contributed by atoms with Crippen LogP contribution in [0.15, 0.2) is 36.5 Å². The minimum atomic E-state index is -0.620. The van der Waals surface area contributed by atoms with Gasteiger partial charge in [-0.05, 0) is 18.6 Å². The molecule has 0 radical (unpaired) electrons. The van der Waals surface area contributed by atoms with Crippen molar-refractivity contribution in [2.75, 3.05) is 7.11 Å². The Morgan fingerprint density at radius 1 is 1.08 bits per heavy atom. The van der Waals surface area contributed by atoms with E-state index in [-0.39, 0.29) is 5.91 Å². The van der Waals surface area contributed by atoms with Gasteiger partial charge in [0, 0.05) is 11.6 Å². The van der Waals surface area contributed by atoms with Crippen molar-refractivity contribution < 1.29 is 14.3 Å². The number of amides is 1. The SMILES string of the molecule is CCCCCCCC[C@@H](NC(=O)c1ccnc2ccccc12)C(=O)OC. The molecule has 1 atom stereocenters. The maximum Gasteiger partial charge on any atom is 0.328 e. The normalized spacial score (nSPS) is 11.9. The zero-order valence-electron chi connectivity index (χ0n) is 15.7. The van der Waals surface area contributed by atoms with E-state index in [1.165, 1.54) is 26.4 Å². The van der Waals surface area contributed by atoms with Crippen LogP contribution in [-0.4, -0.2) is 30.0 Å². The molecule has 0 aliphatic heterocycles. The van der Waals surface area contributed by atoms with Crippen LogP contribution in [0, 0.1) is 0 Å². The van der Waals surface area contributed by atoms with Crippen molar-refractivity contribution in [1.29, 1.82) is 0 Å². The van der Waals surface area contributed by atoms with Crippen LogP contribution in [0.1, 0.15) is 62.2 Å². The molecule has 1 heterocycles. The fraction of sp³-hybridized carbons (Fsp3) is 0.476. The number of para-hydroxylation sites is 1. The Morgan fingerprint density at radius 2 is 1.81 bits per heavy atom. The molecular formula is C21H28N2O3. The molecule has 26 heavy (non-hydrogen) atoms. The molecule has 0 spiro atoms. The largest absolute Gasteiger partial charge is 0.467 e. The first-order chi connectivity index (χ1) is 12.7. The van der Waals surface area contributed by atoms with Crippen molar-refractivity contribution in [2.45, 2.75) is 57.9 Å². The van der Waals surface area contributed by atoms with Gasteiger partial charge in [-0.25, -0.2) is 4.79 Å². The van der Waals surface area contributed by atoms with Crippen molar-refractivity contribution in [2.24, 2.45) is 0 Å². The molecule has 1 aromatic carbocycles. The second-order valence-corrected chi connectivity index (χ2v) is 6.48. The topological polar surface area (TPSA) is 68.3 Å². The van der Waals surface area contributed by atoms with Crippen LogP contribution in [0.2, 0.25) is 0 Å². The number of fused-ring (bicyclic) bond motifs is 1. The number of benzene rings is 1. The molecule has 5 nitrogen and oxygen atoms in total. The van der Waals surface area contributed by atoms with Gasteiger partial charge in [-0.2, -0.15) is 0 Å². The summed E-state index contributed by atoms with van der Waals surface area (Å²) in [5, 5.41) is 3.61. The fourth-order valence-electron chi connectivity index (χ4n) is 3.05. The molecule has 0 saturated heterocycles. The first-order valence-electron chi connectivity index (χ1n) is 9.39. The zero-order chi connectivity index (χ0) is 18.8. The number of rotatable bonds is 10. The minimum Gasteiger partial charge on any atom is -0.467 e. The number of esters is 1. The predicted molar refractivity (Wildman–Crippen MR) is 103 cm³/mol. The fourth-order valence-corrected chi connectivity index (χ4v) is 3.05. The van der Waals surface area contributed by atoms with Gasteiger partial charge in [-0.1, -0.05) is 63.6 Å². The maximum atomic E-state index is 12.7. The standard InChI is InChI=1S/C21H28N2O3/c1-3-4-5-6-7-8-13-19(21(25)26-2)23-20(24)17-14-15-22-18-12-10-9-11-16(17)18/h9-12,14-15,19H,3-8,13H2,1-2H3,(H,23,24)/t19-/m1/s1. The number of aromatic nitrogens is 1. The molecule has 1 amide bonds. The third kappa shape index (κ3) is 5.55. The van der Waals surface area contributed by atoms with E-state index in [2.05, 4.69) is 17.2 Å². The van der Waals surface area contributed by atoms with Crippen LogP contribution in [0.5, 0.6) is 0 Å². The van der Waals surface area contributed by atoms with E-state index in [0.29, 0.717) is 12.0 Å². The molecule has 140 valence electrons. The van der Waals surface area contributed by atoms with Gasteiger partial charge in [0.1, 0.15) is 6.04 Å². The smallest absolute Gasteiger partial charge is 0.328 e. The van der Waals surface area contributed by atoms with Crippen molar-refractivity contribution in [3.8, 4) is 0 Å². The van der Waals surface area contributed by atoms with E-state index in [9.17, 15) is 9.59 Å². The second-order valence-electron chi connectivity index (χ2n) is 6.48. The highest BCUT2D eigenvalue weighted by molar-refractivity contribution is 6.07.